The summed E-state index contributed by atoms with van der Waals surface area (Å²) in [7, 11) is 1.98. The van der Waals surface area contributed by atoms with Gasteiger partial charge in [0.2, 0.25) is 0 Å². The number of amides is 1. The molecule has 5 nitrogen and oxygen atoms in total. The van der Waals surface area contributed by atoms with Gasteiger partial charge >= 0.3 is 5.97 Å². The zero-order chi connectivity index (χ0) is 17.3. The SMILES string of the molecule is C.C.CN1C=C/C(=C\C=C2/SC(=S)N(CC(=O)O)C2=O)c2ccccc21. The van der Waals surface area contributed by atoms with Crippen LogP contribution in [-0.4, -0.2) is 39.8 Å². The Labute approximate surface area is 163 Å². The minimum Gasteiger partial charge on any atom is -0.480 e. The van der Waals surface area contributed by atoms with Crippen molar-refractivity contribution < 1.29 is 14.7 Å². The van der Waals surface area contributed by atoms with Crippen molar-refractivity contribution in [1.82, 2.24) is 4.90 Å². The maximum absolute atomic E-state index is 12.3. The molecule has 1 amide bonds. The van der Waals surface area contributed by atoms with E-state index in [0.717, 1.165) is 33.5 Å². The molecule has 26 heavy (non-hydrogen) atoms. The molecule has 3 rings (SSSR count). The topological polar surface area (TPSA) is 60.9 Å². The third kappa shape index (κ3) is 4.23. The van der Waals surface area contributed by atoms with Crippen LogP contribution in [0.1, 0.15) is 20.4 Å². The van der Waals surface area contributed by atoms with E-state index in [9.17, 15) is 9.59 Å². The highest BCUT2D eigenvalue weighted by molar-refractivity contribution is 8.26. The minimum atomic E-state index is -1.09. The third-order valence-electron chi connectivity index (χ3n) is 3.65. The highest BCUT2D eigenvalue weighted by Gasteiger charge is 2.33. The van der Waals surface area contributed by atoms with E-state index in [2.05, 4.69) is 0 Å². The number of anilines is 1. The lowest BCUT2D eigenvalue weighted by atomic mass is 10.00. The van der Waals surface area contributed by atoms with Gasteiger partial charge in [0.25, 0.3) is 5.91 Å². The molecule has 1 fully saturated rings. The van der Waals surface area contributed by atoms with E-state index >= 15 is 0 Å². The predicted octanol–water partition coefficient (Wildman–Crippen LogP) is 4.13. The summed E-state index contributed by atoms with van der Waals surface area (Å²) in [6.07, 6.45) is 7.48. The second-order valence-electron chi connectivity index (χ2n) is 5.25. The van der Waals surface area contributed by atoms with Gasteiger partial charge in [-0.3, -0.25) is 14.5 Å². The van der Waals surface area contributed by atoms with E-state index in [0.29, 0.717) is 4.91 Å². The molecule has 0 unspecified atom stereocenters. The maximum atomic E-state index is 12.3. The minimum absolute atomic E-state index is 0. The fourth-order valence-corrected chi connectivity index (χ4v) is 3.68. The quantitative estimate of drug-likeness (QED) is 0.618. The number of allylic oxidation sites excluding steroid dienone is 4. The van der Waals surface area contributed by atoms with Gasteiger partial charge in [-0.25, -0.2) is 0 Å². The number of rotatable bonds is 3. The number of aliphatic carboxylic acids is 1. The summed E-state index contributed by atoms with van der Waals surface area (Å²) in [4.78, 5) is 26.6. The maximum Gasteiger partial charge on any atom is 0.323 e. The number of benzene rings is 1. The van der Waals surface area contributed by atoms with Gasteiger partial charge in [-0.15, -0.1) is 0 Å². The molecule has 2 heterocycles. The monoisotopic (exact) mass is 390 g/mol. The van der Waals surface area contributed by atoms with Crippen LogP contribution in [0.25, 0.3) is 5.57 Å². The van der Waals surface area contributed by atoms with Crippen LogP contribution in [0.5, 0.6) is 0 Å². The van der Waals surface area contributed by atoms with Crippen LogP contribution in [-0.2, 0) is 9.59 Å². The molecule has 1 aromatic rings. The van der Waals surface area contributed by atoms with Crippen LogP contribution in [0.4, 0.5) is 5.69 Å². The van der Waals surface area contributed by atoms with E-state index < -0.39 is 12.5 Å². The lowest BCUT2D eigenvalue weighted by molar-refractivity contribution is -0.140. The molecule has 0 bridgehead atoms. The van der Waals surface area contributed by atoms with Crippen LogP contribution in [0.3, 0.4) is 0 Å². The number of hydrogen-bond acceptors (Lipinski definition) is 5. The summed E-state index contributed by atoms with van der Waals surface area (Å²) in [5.41, 5.74) is 3.13. The van der Waals surface area contributed by atoms with Crippen molar-refractivity contribution >= 4 is 51.4 Å². The number of carboxylic acids is 1. The molecule has 1 aromatic carbocycles. The molecule has 138 valence electrons. The van der Waals surface area contributed by atoms with E-state index in [1.807, 2.05) is 54.6 Å². The second-order valence-corrected chi connectivity index (χ2v) is 6.93. The summed E-state index contributed by atoms with van der Waals surface area (Å²) >= 11 is 6.21. The Kier molecular flexibility index (Phi) is 7.35. The Morgan fingerprint density at radius 2 is 1.96 bits per heavy atom. The molecule has 7 heteroatoms. The standard InChI is InChI=1S/C17H14N2O3S2.2CH4/c1-18-9-8-11(12-4-2-3-5-13(12)18)6-7-14-16(22)19(10-15(20)21)17(23)24-14;;/h2-9H,10H2,1H3,(H,20,21);2*1H4/b11-6+,14-7-;;. The predicted molar refractivity (Wildman–Crippen MR) is 113 cm³/mol. The van der Waals surface area contributed by atoms with E-state index in [-0.39, 0.29) is 25.1 Å². The van der Waals surface area contributed by atoms with Crippen LogP contribution in [0.2, 0.25) is 0 Å². The highest BCUT2D eigenvalue weighted by atomic mass is 32.2. The largest absolute Gasteiger partial charge is 0.480 e. The molecule has 0 atom stereocenters. The van der Waals surface area contributed by atoms with Gasteiger partial charge in [-0.1, -0.05) is 63.1 Å². The number of thioether (sulfide) groups is 1. The van der Waals surface area contributed by atoms with E-state index in [4.69, 9.17) is 17.3 Å². The molecular weight excluding hydrogens is 368 g/mol. The molecule has 2 aliphatic heterocycles. The fourth-order valence-electron chi connectivity index (χ4n) is 2.48. The van der Waals surface area contributed by atoms with Crippen LogP contribution in [0, 0.1) is 0 Å². The normalized spacial score (nSPS) is 18.7. The Bertz CT molecular complexity index is 828. The number of fused-ring (bicyclic) bond motifs is 1. The Morgan fingerprint density at radius 1 is 1.27 bits per heavy atom. The molecule has 1 N–H and O–H groups in total. The average Bonchev–Trinajstić information content (AvgIpc) is 2.82. The van der Waals surface area contributed by atoms with Crippen molar-refractivity contribution in [3.05, 3.63) is 59.2 Å². The first-order valence-electron chi connectivity index (χ1n) is 7.15. The van der Waals surface area contributed by atoms with Gasteiger partial charge in [0.1, 0.15) is 10.9 Å². The van der Waals surface area contributed by atoms with Gasteiger partial charge in [0, 0.05) is 24.5 Å². The molecule has 0 aromatic heterocycles. The molecule has 2 aliphatic rings. The zero-order valence-corrected chi connectivity index (χ0v) is 14.4. The summed E-state index contributed by atoms with van der Waals surface area (Å²) in [6, 6.07) is 7.98. The number of para-hydroxylation sites is 1. The summed E-state index contributed by atoms with van der Waals surface area (Å²) < 4.78 is 0.270. The highest BCUT2D eigenvalue weighted by Crippen LogP contribution is 2.34. The number of carboxylic acid groups (broad SMARTS) is 1. The first-order valence-corrected chi connectivity index (χ1v) is 8.38. The van der Waals surface area contributed by atoms with E-state index in [1.54, 1.807) is 6.08 Å². The Hall–Kier alpha value is -2.38. The van der Waals surface area contributed by atoms with E-state index in [1.165, 1.54) is 0 Å². The Balaban J connectivity index is 0.00000169. The fraction of sp³-hybridized carbons (Fsp3) is 0.211. The van der Waals surface area contributed by atoms with Crippen molar-refractivity contribution in [3.8, 4) is 0 Å². The van der Waals surface area contributed by atoms with Gasteiger partial charge in [0.15, 0.2) is 0 Å². The number of carbonyl (C=O) groups excluding carboxylic acids is 1. The van der Waals surface area contributed by atoms with Gasteiger partial charge in [-0.2, -0.15) is 0 Å². The van der Waals surface area contributed by atoms with Crippen molar-refractivity contribution in [1.29, 1.82) is 0 Å². The van der Waals surface area contributed by atoms with Crippen LogP contribution < -0.4 is 4.90 Å². The van der Waals surface area contributed by atoms with Gasteiger partial charge in [0.05, 0.1) is 4.91 Å². The molecule has 0 saturated carbocycles. The number of carbonyl (C=O) groups is 2. The van der Waals surface area contributed by atoms with Crippen molar-refractivity contribution in [3.63, 3.8) is 0 Å². The Morgan fingerprint density at radius 3 is 2.65 bits per heavy atom. The molecule has 1 saturated heterocycles. The van der Waals surface area contributed by atoms with Crippen LogP contribution in [0.15, 0.2) is 53.6 Å². The van der Waals surface area contributed by atoms with Crippen LogP contribution >= 0.6 is 24.0 Å². The zero-order valence-electron chi connectivity index (χ0n) is 12.8. The number of hydrogen-bond donors (Lipinski definition) is 1. The lowest BCUT2D eigenvalue weighted by Crippen LogP contribution is -2.33. The van der Waals surface area contributed by atoms with Crippen molar-refractivity contribution in [2.45, 2.75) is 14.9 Å². The summed E-state index contributed by atoms with van der Waals surface area (Å²) in [5, 5.41) is 8.86. The lowest BCUT2D eigenvalue weighted by Gasteiger charge is -2.23. The summed E-state index contributed by atoms with van der Waals surface area (Å²) in [6.45, 7) is -0.411. The van der Waals surface area contributed by atoms with Crippen molar-refractivity contribution in [2.24, 2.45) is 0 Å². The van der Waals surface area contributed by atoms with Crippen molar-refractivity contribution in [2.75, 3.05) is 18.5 Å². The third-order valence-corrected chi connectivity index (χ3v) is 5.05. The number of thiocarbonyl (C=S) groups is 1. The van der Waals surface area contributed by atoms with Gasteiger partial charge < -0.3 is 10.0 Å². The second kappa shape index (κ2) is 8.82. The smallest absolute Gasteiger partial charge is 0.323 e. The molecular formula is C19H22N2O3S2. The molecule has 0 radical (unpaired) electrons. The first kappa shape index (κ1) is 21.7. The molecule has 0 aliphatic carbocycles. The summed E-state index contributed by atoms with van der Waals surface area (Å²) in [5.74, 6) is -1.45. The molecule has 0 spiro atoms. The first-order chi connectivity index (χ1) is 11.5. The number of nitrogens with zero attached hydrogens (tertiary/aromatic N) is 2. The van der Waals surface area contributed by atoms with Gasteiger partial charge in [-0.05, 0) is 23.8 Å². The average molecular weight is 391 g/mol.